The van der Waals surface area contributed by atoms with Crippen molar-refractivity contribution < 1.29 is 17.9 Å². The monoisotopic (exact) mass is 241 g/mol. The number of rotatable bonds is 7. The molecule has 0 aliphatic rings. The van der Waals surface area contributed by atoms with E-state index in [0.29, 0.717) is 13.2 Å². The van der Waals surface area contributed by atoms with E-state index in [9.17, 15) is 13.2 Å². The van der Waals surface area contributed by atoms with Gasteiger partial charge in [0.05, 0.1) is 6.61 Å². The van der Waals surface area contributed by atoms with Crippen LogP contribution in [-0.4, -0.2) is 43.4 Å². The van der Waals surface area contributed by atoms with Gasteiger partial charge in [-0.2, -0.15) is 13.2 Å². The highest BCUT2D eigenvalue weighted by atomic mass is 19.4. The molecule has 98 valence electrons. The Morgan fingerprint density at radius 1 is 1.19 bits per heavy atom. The topological polar surface area (TPSA) is 12.5 Å². The predicted molar refractivity (Wildman–Crippen MR) is 58.5 cm³/mol. The fourth-order valence-corrected chi connectivity index (χ4v) is 1.79. The molecule has 16 heavy (non-hydrogen) atoms. The summed E-state index contributed by atoms with van der Waals surface area (Å²) >= 11 is 0. The van der Waals surface area contributed by atoms with E-state index in [1.165, 1.54) is 0 Å². The second kappa shape index (κ2) is 7.12. The normalized spacial score (nSPS) is 14.8. The zero-order valence-corrected chi connectivity index (χ0v) is 10.5. The van der Waals surface area contributed by atoms with Crippen molar-refractivity contribution in [3.8, 4) is 0 Å². The van der Waals surface area contributed by atoms with Crippen molar-refractivity contribution in [2.75, 3.05) is 20.3 Å². The third-order valence-electron chi connectivity index (χ3n) is 2.51. The summed E-state index contributed by atoms with van der Waals surface area (Å²) in [6, 6.07) is 0.386. The SMILES string of the molecule is COC[C@H](C)N(CCCC(F)(F)F)C(C)C. The summed E-state index contributed by atoms with van der Waals surface area (Å²) in [6.45, 7) is 6.95. The van der Waals surface area contributed by atoms with Gasteiger partial charge >= 0.3 is 6.18 Å². The maximum Gasteiger partial charge on any atom is 0.389 e. The molecule has 0 saturated heterocycles. The van der Waals surface area contributed by atoms with Gasteiger partial charge in [0.2, 0.25) is 0 Å². The van der Waals surface area contributed by atoms with E-state index in [0.717, 1.165) is 0 Å². The Balaban J connectivity index is 4.04. The molecule has 0 spiro atoms. The molecular weight excluding hydrogens is 219 g/mol. The number of nitrogens with zero attached hydrogens (tertiary/aromatic N) is 1. The molecule has 0 rings (SSSR count). The van der Waals surface area contributed by atoms with Crippen LogP contribution in [0.3, 0.4) is 0 Å². The molecule has 0 amide bonds. The molecule has 0 aromatic rings. The zero-order chi connectivity index (χ0) is 12.8. The summed E-state index contributed by atoms with van der Waals surface area (Å²) in [4.78, 5) is 2.04. The van der Waals surface area contributed by atoms with Gasteiger partial charge in [-0.05, 0) is 33.7 Å². The molecule has 0 bridgehead atoms. The molecule has 0 saturated carbocycles. The lowest BCUT2D eigenvalue weighted by Gasteiger charge is -2.32. The molecule has 0 heterocycles. The van der Waals surface area contributed by atoms with Gasteiger partial charge in [0.15, 0.2) is 0 Å². The molecule has 1 atom stereocenters. The number of halogens is 3. The van der Waals surface area contributed by atoms with E-state index in [4.69, 9.17) is 4.74 Å². The van der Waals surface area contributed by atoms with Crippen molar-refractivity contribution in [1.29, 1.82) is 0 Å². The van der Waals surface area contributed by atoms with Crippen LogP contribution >= 0.6 is 0 Å². The van der Waals surface area contributed by atoms with Gasteiger partial charge in [0.25, 0.3) is 0 Å². The first-order valence-electron chi connectivity index (χ1n) is 5.59. The standard InChI is InChI=1S/C11H22F3NO/c1-9(2)15(10(3)8-16-4)7-5-6-11(12,13)14/h9-10H,5-8H2,1-4H3/t10-/m0/s1. The summed E-state index contributed by atoms with van der Waals surface area (Å²) in [5, 5.41) is 0. The highest BCUT2D eigenvalue weighted by molar-refractivity contribution is 4.71. The van der Waals surface area contributed by atoms with Crippen LogP contribution in [0.2, 0.25) is 0 Å². The Bertz CT molecular complexity index is 183. The van der Waals surface area contributed by atoms with Crippen LogP contribution in [0, 0.1) is 0 Å². The van der Waals surface area contributed by atoms with E-state index in [2.05, 4.69) is 0 Å². The van der Waals surface area contributed by atoms with Crippen LogP contribution in [0.1, 0.15) is 33.6 Å². The smallest absolute Gasteiger partial charge is 0.383 e. The summed E-state index contributed by atoms with van der Waals surface area (Å²) in [7, 11) is 1.60. The first-order chi connectivity index (χ1) is 7.28. The van der Waals surface area contributed by atoms with Crippen molar-refractivity contribution in [2.24, 2.45) is 0 Å². The summed E-state index contributed by atoms with van der Waals surface area (Å²) < 4.78 is 41.1. The maximum absolute atomic E-state index is 12.0. The van der Waals surface area contributed by atoms with Crippen LogP contribution in [0.5, 0.6) is 0 Å². The van der Waals surface area contributed by atoms with Gasteiger partial charge in [-0.3, -0.25) is 4.90 Å². The number of alkyl halides is 3. The van der Waals surface area contributed by atoms with E-state index < -0.39 is 12.6 Å². The first kappa shape index (κ1) is 15.7. The largest absolute Gasteiger partial charge is 0.389 e. The van der Waals surface area contributed by atoms with Crippen LogP contribution in [-0.2, 0) is 4.74 Å². The Labute approximate surface area is 95.8 Å². The molecule has 5 heteroatoms. The quantitative estimate of drug-likeness (QED) is 0.679. The predicted octanol–water partition coefficient (Wildman–Crippen LogP) is 3.07. The van der Waals surface area contributed by atoms with Crippen LogP contribution in [0.4, 0.5) is 13.2 Å². The zero-order valence-electron chi connectivity index (χ0n) is 10.5. The minimum atomic E-state index is -4.05. The fraction of sp³-hybridized carbons (Fsp3) is 1.00. The minimum Gasteiger partial charge on any atom is -0.383 e. The number of hydrogen-bond acceptors (Lipinski definition) is 2. The van der Waals surface area contributed by atoms with Crippen LogP contribution in [0.25, 0.3) is 0 Å². The summed E-state index contributed by atoms with van der Waals surface area (Å²) in [6.07, 6.45) is -4.61. The van der Waals surface area contributed by atoms with Gasteiger partial charge in [-0.25, -0.2) is 0 Å². The highest BCUT2D eigenvalue weighted by Gasteiger charge is 2.27. The van der Waals surface area contributed by atoms with E-state index in [1.807, 2.05) is 25.7 Å². The summed E-state index contributed by atoms with van der Waals surface area (Å²) in [5.74, 6) is 0. The second-order valence-corrected chi connectivity index (χ2v) is 4.35. The molecule has 0 aromatic carbocycles. The van der Waals surface area contributed by atoms with Gasteiger partial charge < -0.3 is 4.74 Å². The van der Waals surface area contributed by atoms with Crippen molar-refractivity contribution in [3.63, 3.8) is 0 Å². The molecule has 2 nitrogen and oxygen atoms in total. The van der Waals surface area contributed by atoms with E-state index in [1.54, 1.807) is 7.11 Å². The Morgan fingerprint density at radius 3 is 2.12 bits per heavy atom. The van der Waals surface area contributed by atoms with Crippen molar-refractivity contribution in [2.45, 2.75) is 51.9 Å². The third-order valence-corrected chi connectivity index (χ3v) is 2.51. The number of hydrogen-bond donors (Lipinski definition) is 0. The Kier molecular flexibility index (Phi) is 6.99. The highest BCUT2D eigenvalue weighted by Crippen LogP contribution is 2.22. The lowest BCUT2D eigenvalue weighted by molar-refractivity contribution is -0.136. The van der Waals surface area contributed by atoms with Crippen molar-refractivity contribution in [1.82, 2.24) is 4.90 Å². The molecule has 0 unspecified atom stereocenters. The van der Waals surface area contributed by atoms with Crippen molar-refractivity contribution in [3.05, 3.63) is 0 Å². The molecular formula is C11H22F3NO. The average molecular weight is 241 g/mol. The van der Waals surface area contributed by atoms with Crippen LogP contribution < -0.4 is 0 Å². The molecule has 0 radical (unpaired) electrons. The molecule has 0 aliphatic heterocycles. The lowest BCUT2D eigenvalue weighted by atomic mass is 10.2. The fourth-order valence-electron chi connectivity index (χ4n) is 1.79. The van der Waals surface area contributed by atoms with Gasteiger partial charge in [-0.1, -0.05) is 0 Å². The Morgan fingerprint density at radius 2 is 1.75 bits per heavy atom. The number of ether oxygens (including phenoxy) is 1. The summed E-state index contributed by atoms with van der Waals surface area (Å²) in [5.41, 5.74) is 0. The minimum absolute atomic E-state index is 0.149. The van der Waals surface area contributed by atoms with Crippen LogP contribution in [0.15, 0.2) is 0 Å². The number of methoxy groups -OCH3 is 1. The molecule has 0 aromatic heterocycles. The molecule has 0 fully saturated rings. The maximum atomic E-state index is 12.0. The van der Waals surface area contributed by atoms with Gasteiger partial charge in [0.1, 0.15) is 0 Å². The lowest BCUT2D eigenvalue weighted by Crippen LogP contribution is -2.42. The van der Waals surface area contributed by atoms with Gasteiger partial charge in [-0.15, -0.1) is 0 Å². The van der Waals surface area contributed by atoms with Crippen molar-refractivity contribution >= 4 is 0 Å². The Hall–Kier alpha value is -0.290. The molecule has 0 aliphatic carbocycles. The first-order valence-corrected chi connectivity index (χ1v) is 5.59. The average Bonchev–Trinajstić information content (AvgIpc) is 2.10. The van der Waals surface area contributed by atoms with E-state index in [-0.39, 0.29) is 18.5 Å². The third kappa shape index (κ3) is 7.06. The van der Waals surface area contributed by atoms with Gasteiger partial charge in [0, 0.05) is 25.6 Å². The second-order valence-electron chi connectivity index (χ2n) is 4.35. The molecule has 0 N–H and O–H groups in total. The van der Waals surface area contributed by atoms with E-state index >= 15 is 0 Å².